The molecule has 140 valence electrons. The molecule has 0 N–H and O–H groups in total. The van der Waals surface area contributed by atoms with Gasteiger partial charge in [0.15, 0.2) is 5.78 Å². The Labute approximate surface area is 160 Å². The van der Waals surface area contributed by atoms with Gasteiger partial charge in [-0.2, -0.15) is 6.42 Å². The molecular formula is C17H41LiO4P-. The van der Waals surface area contributed by atoms with E-state index in [4.69, 9.17) is 9.47 Å². The van der Waals surface area contributed by atoms with E-state index in [0.29, 0.717) is 6.61 Å². The van der Waals surface area contributed by atoms with Crippen molar-refractivity contribution in [3.63, 3.8) is 0 Å². The molecule has 0 bridgehead atoms. The first kappa shape index (κ1) is 38.9. The van der Waals surface area contributed by atoms with Crippen LogP contribution >= 0.6 is 9.24 Å². The molecule has 23 heavy (non-hydrogen) atoms. The summed E-state index contributed by atoms with van der Waals surface area (Å²) in [4.78, 5) is 10.5. The third kappa shape index (κ3) is 51.9. The van der Waals surface area contributed by atoms with Gasteiger partial charge in [-0.1, -0.05) is 42.0 Å². The summed E-state index contributed by atoms with van der Waals surface area (Å²) in [5.41, 5.74) is 0. The van der Waals surface area contributed by atoms with Crippen molar-refractivity contribution in [3.8, 4) is 0 Å². The van der Waals surface area contributed by atoms with Gasteiger partial charge in [0.1, 0.15) is 6.61 Å². The van der Waals surface area contributed by atoms with Gasteiger partial charge in [0.2, 0.25) is 0 Å². The number of ether oxygens (including phenoxy) is 2. The van der Waals surface area contributed by atoms with E-state index in [1.807, 2.05) is 6.92 Å². The number of hydrogen-bond acceptors (Lipinski definition) is 4. The fourth-order valence-corrected chi connectivity index (χ4v) is 0.873. The van der Waals surface area contributed by atoms with Crippen LogP contribution in [0.3, 0.4) is 0 Å². The predicted molar refractivity (Wildman–Crippen MR) is 100 cm³/mol. The molecule has 0 fully saturated rings. The minimum atomic E-state index is -0.416. The number of hydrogen-bond donors (Lipinski definition) is 0. The van der Waals surface area contributed by atoms with Crippen molar-refractivity contribution >= 4 is 15.0 Å². The Morgan fingerprint density at radius 2 is 1.70 bits per heavy atom. The molecular weight excluding hydrogens is 306 g/mol. The van der Waals surface area contributed by atoms with E-state index in [9.17, 15) is 9.90 Å². The van der Waals surface area contributed by atoms with Gasteiger partial charge in [-0.25, -0.2) is 0 Å². The summed E-state index contributed by atoms with van der Waals surface area (Å²) in [6, 6.07) is 0. The van der Waals surface area contributed by atoms with Gasteiger partial charge < -0.3 is 21.5 Å². The van der Waals surface area contributed by atoms with Crippen LogP contribution < -0.4 is 24.0 Å². The van der Waals surface area contributed by atoms with Crippen LogP contribution in [0.2, 0.25) is 0 Å². The minimum Gasteiger partial charge on any atom is -0.853 e. The standard InChI is InChI=1S/C10H19O4.C3H7.C2H7P.2CH4.Li/c1-3-4-5-14-10(6-11)8-13-7-9(2)12;1-3-2;1-2-3;;;/h10H,3-8H2,1-2H3;1,3H2,2H3;2-3H2,1H3;2*1H4;/q2*-1;;;;+1. The van der Waals surface area contributed by atoms with Gasteiger partial charge in [-0.05, 0) is 19.5 Å². The van der Waals surface area contributed by atoms with Crippen molar-refractivity contribution in [3.05, 3.63) is 6.92 Å². The summed E-state index contributed by atoms with van der Waals surface area (Å²) in [5.74, 6) is -0.0387. The normalized spacial score (nSPS) is 9.35. The van der Waals surface area contributed by atoms with E-state index in [1.54, 1.807) is 0 Å². The molecule has 0 aromatic rings. The van der Waals surface area contributed by atoms with E-state index >= 15 is 0 Å². The number of ketones is 1. The minimum absolute atomic E-state index is 0. The molecule has 6 heteroatoms. The van der Waals surface area contributed by atoms with Gasteiger partial charge in [0.25, 0.3) is 0 Å². The van der Waals surface area contributed by atoms with Crippen LogP contribution in [-0.4, -0.2) is 44.5 Å². The van der Waals surface area contributed by atoms with Crippen LogP contribution in [0.1, 0.15) is 61.8 Å². The van der Waals surface area contributed by atoms with Crippen LogP contribution in [0.25, 0.3) is 0 Å². The third-order valence-corrected chi connectivity index (χ3v) is 1.65. The van der Waals surface area contributed by atoms with Crippen molar-refractivity contribution in [1.82, 2.24) is 0 Å². The molecule has 0 spiro atoms. The fraction of sp³-hybridized carbons (Fsp3) is 0.882. The first-order valence-electron chi connectivity index (χ1n) is 7.29. The fourth-order valence-electron chi connectivity index (χ4n) is 0.873. The predicted octanol–water partition coefficient (Wildman–Crippen LogP) is 0.526. The van der Waals surface area contributed by atoms with E-state index in [0.717, 1.165) is 19.3 Å². The van der Waals surface area contributed by atoms with Crippen molar-refractivity contribution < 1.29 is 38.2 Å². The van der Waals surface area contributed by atoms with Crippen molar-refractivity contribution in [2.45, 2.75) is 67.9 Å². The maximum Gasteiger partial charge on any atom is 1.00 e. The van der Waals surface area contributed by atoms with Gasteiger partial charge >= 0.3 is 18.9 Å². The molecule has 0 aliphatic rings. The Bertz CT molecular complexity index is 182. The second kappa shape index (κ2) is 38.3. The molecule has 2 unspecified atom stereocenters. The molecule has 0 saturated heterocycles. The van der Waals surface area contributed by atoms with E-state index in [2.05, 4.69) is 30.0 Å². The average molecular weight is 347 g/mol. The first-order valence-corrected chi connectivity index (χ1v) is 8.11. The average Bonchev–Trinajstić information content (AvgIpc) is 2.38. The van der Waals surface area contributed by atoms with Crippen LogP contribution in [0, 0.1) is 6.92 Å². The van der Waals surface area contributed by atoms with Crippen LogP contribution in [-0.2, 0) is 14.3 Å². The van der Waals surface area contributed by atoms with Crippen LogP contribution in [0.4, 0.5) is 0 Å². The van der Waals surface area contributed by atoms with E-state index in [1.165, 1.54) is 13.1 Å². The Kier molecular flexibility index (Phi) is 64.7. The Morgan fingerprint density at radius 3 is 2.00 bits per heavy atom. The van der Waals surface area contributed by atoms with Crippen LogP contribution in [0.15, 0.2) is 0 Å². The maximum atomic E-state index is 10.6. The van der Waals surface area contributed by atoms with Gasteiger partial charge in [-0.15, -0.1) is 15.8 Å². The van der Waals surface area contributed by atoms with Gasteiger partial charge in [0.05, 0.1) is 12.7 Å². The SMILES string of the molecule is C.C.CCCCOC(C[O-])COCC(C)=O.CCP.[CH2-]CC.[Li+]. The summed E-state index contributed by atoms with van der Waals surface area (Å²) in [7, 11) is 2.58. The van der Waals surface area contributed by atoms with E-state index < -0.39 is 6.10 Å². The number of rotatable bonds is 9. The maximum absolute atomic E-state index is 10.6. The Balaban J connectivity index is -0.0000000699. The smallest absolute Gasteiger partial charge is 0.853 e. The molecule has 0 heterocycles. The topological polar surface area (TPSA) is 58.6 Å². The molecule has 0 aromatic carbocycles. The van der Waals surface area contributed by atoms with Crippen molar-refractivity contribution in [2.24, 2.45) is 0 Å². The summed E-state index contributed by atoms with van der Waals surface area (Å²) < 4.78 is 10.3. The Hall–Kier alpha value is 0.577. The quantitative estimate of drug-likeness (QED) is 0.264. The van der Waals surface area contributed by atoms with Crippen LogP contribution in [0.5, 0.6) is 0 Å². The molecule has 0 rings (SSSR count). The summed E-state index contributed by atoms with van der Waals surface area (Å²) in [6.07, 6.45) is 3.74. The monoisotopic (exact) mass is 347 g/mol. The molecule has 0 aromatic heterocycles. The molecule has 0 aliphatic heterocycles. The van der Waals surface area contributed by atoms with Gasteiger partial charge in [0, 0.05) is 6.61 Å². The van der Waals surface area contributed by atoms with Gasteiger partial charge in [-0.3, -0.25) is 4.79 Å². The molecule has 0 amide bonds. The number of carbonyl (C=O) groups excluding carboxylic acids is 1. The number of carbonyl (C=O) groups is 1. The zero-order valence-electron chi connectivity index (χ0n) is 14.7. The molecule has 0 saturated carbocycles. The summed E-state index contributed by atoms with van der Waals surface area (Å²) in [6.45, 7) is 11.6. The molecule has 0 aliphatic carbocycles. The zero-order valence-corrected chi connectivity index (χ0v) is 15.8. The zero-order chi connectivity index (χ0) is 16.2. The summed E-state index contributed by atoms with van der Waals surface area (Å²) in [5, 5.41) is 10.6. The van der Waals surface area contributed by atoms with Crippen molar-refractivity contribution in [2.75, 3.05) is 32.6 Å². The van der Waals surface area contributed by atoms with E-state index in [-0.39, 0.29) is 59.3 Å². The molecule has 0 radical (unpaired) electrons. The molecule has 4 nitrogen and oxygen atoms in total. The second-order valence-electron chi connectivity index (χ2n) is 4.14. The number of Topliss-reactive ketones (excluding diaryl/α,β-unsaturated/α-hetero) is 1. The molecule has 2 atom stereocenters. The van der Waals surface area contributed by atoms with Crippen molar-refractivity contribution in [1.29, 1.82) is 0 Å². The second-order valence-corrected chi connectivity index (χ2v) is 4.95. The third-order valence-electron chi connectivity index (χ3n) is 1.65. The first-order chi connectivity index (χ1) is 9.53. The number of unbranched alkanes of at least 4 members (excludes halogenated alkanes) is 1. The largest absolute Gasteiger partial charge is 1.00 e. The summed E-state index contributed by atoms with van der Waals surface area (Å²) >= 11 is 0. The Morgan fingerprint density at radius 1 is 1.26 bits per heavy atom.